The van der Waals surface area contributed by atoms with Crippen molar-refractivity contribution in [2.75, 3.05) is 0 Å². The minimum absolute atomic E-state index is 0.0155. The highest BCUT2D eigenvalue weighted by Crippen LogP contribution is 2.28. The molecule has 1 heterocycles. The maximum Gasteiger partial charge on any atom is 0.340 e. The highest BCUT2D eigenvalue weighted by atomic mass is 16.4. The molecule has 7 nitrogen and oxygen atoms in total. The predicted molar refractivity (Wildman–Crippen MR) is 91.7 cm³/mol. The average molecular weight is 347 g/mol. The van der Waals surface area contributed by atoms with Crippen molar-refractivity contribution in [3.05, 3.63) is 39.2 Å². The van der Waals surface area contributed by atoms with Gasteiger partial charge in [0.2, 0.25) is 5.91 Å². The van der Waals surface area contributed by atoms with Crippen LogP contribution in [0.15, 0.2) is 21.3 Å². The number of phenolic OH excluding ortho intramolecular Hbond substituents is 1. The molecule has 0 aliphatic carbocycles. The summed E-state index contributed by atoms with van der Waals surface area (Å²) in [5, 5.41) is 21.9. The van der Waals surface area contributed by atoms with Crippen LogP contribution in [-0.2, 0) is 16.0 Å². The first kappa shape index (κ1) is 18.5. The molecule has 0 saturated heterocycles. The fourth-order valence-electron chi connectivity index (χ4n) is 2.68. The molecule has 1 aromatic heterocycles. The number of hydrogen-bond donors (Lipinski definition) is 3. The summed E-state index contributed by atoms with van der Waals surface area (Å²) in [7, 11) is 0. The van der Waals surface area contributed by atoms with Crippen molar-refractivity contribution in [3.8, 4) is 5.75 Å². The van der Waals surface area contributed by atoms with Gasteiger partial charge in [-0.2, -0.15) is 0 Å². The van der Waals surface area contributed by atoms with E-state index in [1.54, 1.807) is 33.8 Å². The zero-order valence-electron chi connectivity index (χ0n) is 14.5. The first-order valence-corrected chi connectivity index (χ1v) is 7.90. The van der Waals surface area contributed by atoms with Crippen molar-refractivity contribution in [1.82, 2.24) is 5.32 Å². The van der Waals surface area contributed by atoms with Crippen molar-refractivity contribution in [3.63, 3.8) is 0 Å². The van der Waals surface area contributed by atoms with Gasteiger partial charge in [0.1, 0.15) is 17.4 Å². The van der Waals surface area contributed by atoms with Gasteiger partial charge < -0.3 is 19.9 Å². The molecule has 2 aromatic rings. The highest BCUT2D eigenvalue weighted by Gasteiger charge is 2.24. The number of aryl methyl sites for hydroxylation is 2. The normalized spacial score (nSPS) is 12.4. The maximum absolute atomic E-state index is 12.3. The molecule has 0 spiro atoms. The molecule has 0 fully saturated rings. The van der Waals surface area contributed by atoms with Crippen LogP contribution >= 0.6 is 0 Å². The number of rotatable bonds is 5. The fraction of sp³-hybridized carbons (Fsp3) is 0.389. The van der Waals surface area contributed by atoms with Crippen LogP contribution in [0.3, 0.4) is 0 Å². The zero-order valence-corrected chi connectivity index (χ0v) is 14.5. The smallest absolute Gasteiger partial charge is 0.340 e. The van der Waals surface area contributed by atoms with E-state index < -0.39 is 23.5 Å². The largest absolute Gasteiger partial charge is 0.508 e. The van der Waals surface area contributed by atoms with E-state index in [4.69, 9.17) is 9.52 Å². The van der Waals surface area contributed by atoms with E-state index in [2.05, 4.69) is 5.32 Å². The zero-order chi connectivity index (χ0) is 18.9. The van der Waals surface area contributed by atoms with Crippen LogP contribution in [0.4, 0.5) is 0 Å². The average Bonchev–Trinajstić information content (AvgIpc) is 2.52. The summed E-state index contributed by atoms with van der Waals surface area (Å²) in [5.74, 6) is -1.97. The molecule has 7 heteroatoms. The van der Waals surface area contributed by atoms with E-state index in [0.29, 0.717) is 16.5 Å². The van der Waals surface area contributed by atoms with Crippen molar-refractivity contribution >= 4 is 22.8 Å². The molecule has 2 rings (SSSR count). The summed E-state index contributed by atoms with van der Waals surface area (Å²) in [6.07, 6.45) is -0.277. The number of amides is 1. The standard InChI is InChI=1S/C18H21NO6/c1-8(2)15(17(22)23)19-14(21)7-12-9(3)11-5-6-13(20)10(4)16(11)25-18(12)24/h5-6,8,15,20H,7H2,1-4H3,(H,19,21)(H,22,23)/t15-/m1/s1. The lowest BCUT2D eigenvalue weighted by atomic mass is 10.0. The molecule has 3 N–H and O–H groups in total. The molecule has 0 radical (unpaired) electrons. The second-order valence-electron chi connectivity index (χ2n) is 6.38. The number of hydrogen-bond acceptors (Lipinski definition) is 5. The maximum atomic E-state index is 12.3. The van der Waals surface area contributed by atoms with Gasteiger partial charge in [-0.05, 0) is 37.5 Å². The molecular formula is C18H21NO6. The topological polar surface area (TPSA) is 117 Å². The quantitative estimate of drug-likeness (QED) is 0.711. The van der Waals surface area contributed by atoms with Gasteiger partial charge in [0, 0.05) is 10.9 Å². The van der Waals surface area contributed by atoms with E-state index in [1.807, 2.05) is 0 Å². The summed E-state index contributed by atoms with van der Waals surface area (Å²) in [4.78, 5) is 35.6. The number of carboxylic acid groups (broad SMARTS) is 1. The second-order valence-corrected chi connectivity index (χ2v) is 6.38. The van der Waals surface area contributed by atoms with Gasteiger partial charge in [-0.1, -0.05) is 13.8 Å². The van der Waals surface area contributed by atoms with E-state index in [0.717, 1.165) is 0 Å². The molecule has 0 aliphatic heterocycles. The van der Waals surface area contributed by atoms with Gasteiger partial charge in [-0.25, -0.2) is 9.59 Å². The van der Waals surface area contributed by atoms with Crippen LogP contribution in [0, 0.1) is 19.8 Å². The number of benzene rings is 1. The Bertz CT molecular complexity index is 897. The lowest BCUT2D eigenvalue weighted by molar-refractivity contribution is -0.143. The Morgan fingerprint density at radius 3 is 2.40 bits per heavy atom. The van der Waals surface area contributed by atoms with Gasteiger partial charge in [-0.15, -0.1) is 0 Å². The Balaban J connectivity index is 2.39. The van der Waals surface area contributed by atoms with E-state index in [1.165, 1.54) is 6.07 Å². The molecule has 0 unspecified atom stereocenters. The lowest BCUT2D eigenvalue weighted by Gasteiger charge is -2.18. The van der Waals surface area contributed by atoms with E-state index in [-0.39, 0.29) is 29.2 Å². The van der Waals surface area contributed by atoms with E-state index >= 15 is 0 Å². The van der Waals surface area contributed by atoms with Crippen LogP contribution in [0.1, 0.15) is 30.5 Å². The molecule has 0 bridgehead atoms. The van der Waals surface area contributed by atoms with Crippen LogP contribution in [0.5, 0.6) is 5.75 Å². The highest BCUT2D eigenvalue weighted by molar-refractivity contribution is 5.88. The number of carbonyl (C=O) groups excluding carboxylic acids is 1. The minimum Gasteiger partial charge on any atom is -0.508 e. The number of fused-ring (bicyclic) bond motifs is 1. The lowest BCUT2D eigenvalue weighted by Crippen LogP contribution is -2.45. The third-order valence-corrected chi connectivity index (χ3v) is 4.26. The third kappa shape index (κ3) is 3.65. The first-order valence-electron chi connectivity index (χ1n) is 7.90. The Morgan fingerprint density at radius 2 is 1.84 bits per heavy atom. The third-order valence-electron chi connectivity index (χ3n) is 4.26. The fourth-order valence-corrected chi connectivity index (χ4v) is 2.68. The van der Waals surface area contributed by atoms with Gasteiger partial charge in [0.25, 0.3) is 0 Å². The summed E-state index contributed by atoms with van der Waals surface area (Å²) >= 11 is 0. The van der Waals surface area contributed by atoms with Gasteiger partial charge in [-0.3, -0.25) is 4.79 Å². The van der Waals surface area contributed by atoms with Crippen LogP contribution in [-0.4, -0.2) is 28.1 Å². The molecular weight excluding hydrogens is 326 g/mol. The monoisotopic (exact) mass is 347 g/mol. The van der Waals surface area contributed by atoms with Crippen molar-refractivity contribution in [2.45, 2.75) is 40.2 Å². The molecule has 1 aromatic carbocycles. The summed E-state index contributed by atoms with van der Waals surface area (Å²) in [6, 6.07) is 2.08. The van der Waals surface area contributed by atoms with Crippen molar-refractivity contribution < 1.29 is 24.2 Å². The second kappa shape index (κ2) is 6.96. The minimum atomic E-state index is -1.13. The molecule has 134 valence electrons. The van der Waals surface area contributed by atoms with Crippen LogP contribution in [0.25, 0.3) is 11.0 Å². The first-order chi connectivity index (χ1) is 11.6. The predicted octanol–water partition coefficient (Wildman–Crippen LogP) is 1.88. The Morgan fingerprint density at radius 1 is 1.20 bits per heavy atom. The van der Waals surface area contributed by atoms with Gasteiger partial charge in [0.05, 0.1) is 12.0 Å². The molecule has 0 aliphatic rings. The number of carboxylic acids is 1. The molecule has 1 atom stereocenters. The Labute approximate surface area is 144 Å². The van der Waals surface area contributed by atoms with Crippen molar-refractivity contribution in [2.24, 2.45) is 5.92 Å². The SMILES string of the molecule is Cc1c(CC(=O)N[C@@H](C(=O)O)C(C)C)c(=O)oc2c(C)c(O)ccc12. The van der Waals surface area contributed by atoms with Gasteiger partial charge >= 0.3 is 11.6 Å². The summed E-state index contributed by atoms with van der Waals surface area (Å²) < 4.78 is 5.27. The van der Waals surface area contributed by atoms with Crippen molar-refractivity contribution in [1.29, 1.82) is 0 Å². The Kier molecular flexibility index (Phi) is 5.15. The molecule has 0 saturated carbocycles. The number of aliphatic carboxylic acids is 1. The number of carbonyl (C=O) groups is 2. The van der Waals surface area contributed by atoms with Crippen LogP contribution < -0.4 is 10.9 Å². The van der Waals surface area contributed by atoms with E-state index in [9.17, 15) is 19.5 Å². The molecule has 1 amide bonds. The number of phenols is 1. The van der Waals surface area contributed by atoms with Crippen LogP contribution in [0.2, 0.25) is 0 Å². The number of aromatic hydroxyl groups is 1. The summed E-state index contributed by atoms with van der Waals surface area (Å²) in [6.45, 7) is 6.69. The molecule has 25 heavy (non-hydrogen) atoms. The Hall–Kier alpha value is -2.83. The summed E-state index contributed by atoms with van der Waals surface area (Å²) in [5.41, 5.74) is 0.783. The number of nitrogens with one attached hydrogen (secondary N) is 1. The van der Waals surface area contributed by atoms with Gasteiger partial charge in [0.15, 0.2) is 0 Å².